The molecule has 0 amide bonds. The van der Waals surface area contributed by atoms with Gasteiger partial charge in [-0.25, -0.2) is 4.98 Å². The fourth-order valence-corrected chi connectivity index (χ4v) is 3.29. The van der Waals surface area contributed by atoms with Gasteiger partial charge in [-0.3, -0.25) is 4.90 Å². The molecule has 2 aromatic rings. The molecule has 1 fully saturated rings. The van der Waals surface area contributed by atoms with Crippen LogP contribution in [0.5, 0.6) is 0 Å². The normalized spacial score (nSPS) is 20.8. The average molecular weight is 277 g/mol. The third kappa shape index (κ3) is 2.88. The Bertz CT molecular complexity index is 509. The molecular weight excluding hydrogens is 258 g/mol. The van der Waals surface area contributed by atoms with E-state index in [2.05, 4.69) is 9.88 Å². The SMILES string of the molecule is NCC1CCCCN1Cc1coc(-c2cccs2)n1. The quantitative estimate of drug-likeness (QED) is 0.933. The molecule has 5 heteroatoms. The number of rotatable bonds is 4. The highest BCUT2D eigenvalue weighted by Crippen LogP contribution is 2.25. The molecular formula is C14H19N3OS. The Morgan fingerprint density at radius 2 is 2.42 bits per heavy atom. The van der Waals surface area contributed by atoms with E-state index in [-0.39, 0.29) is 0 Å². The van der Waals surface area contributed by atoms with E-state index >= 15 is 0 Å². The summed E-state index contributed by atoms with van der Waals surface area (Å²) >= 11 is 1.65. The second kappa shape index (κ2) is 5.86. The molecule has 0 aromatic carbocycles. The second-order valence-corrected chi connectivity index (χ2v) is 5.92. The first-order valence-electron chi connectivity index (χ1n) is 6.79. The molecule has 0 saturated carbocycles. The van der Waals surface area contributed by atoms with Crippen molar-refractivity contribution in [3.8, 4) is 10.8 Å². The third-order valence-electron chi connectivity index (χ3n) is 3.67. The molecule has 19 heavy (non-hydrogen) atoms. The third-order valence-corrected chi connectivity index (χ3v) is 4.53. The van der Waals surface area contributed by atoms with Crippen LogP contribution in [0.2, 0.25) is 0 Å². The Hall–Kier alpha value is -1.17. The number of aromatic nitrogens is 1. The first-order chi connectivity index (χ1) is 9.36. The molecule has 0 aliphatic carbocycles. The minimum Gasteiger partial charge on any atom is -0.444 e. The largest absolute Gasteiger partial charge is 0.444 e. The van der Waals surface area contributed by atoms with Crippen molar-refractivity contribution >= 4 is 11.3 Å². The number of thiophene rings is 1. The maximum atomic E-state index is 5.85. The summed E-state index contributed by atoms with van der Waals surface area (Å²) in [4.78, 5) is 8.09. The highest BCUT2D eigenvalue weighted by Gasteiger charge is 2.22. The van der Waals surface area contributed by atoms with Gasteiger partial charge in [0.15, 0.2) is 0 Å². The molecule has 102 valence electrons. The van der Waals surface area contributed by atoms with Crippen LogP contribution in [-0.2, 0) is 6.54 Å². The van der Waals surface area contributed by atoms with Crippen molar-refractivity contribution in [3.05, 3.63) is 29.5 Å². The van der Waals surface area contributed by atoms with Crippen molar-refractivity contribution in [1.82, 2.24) is 9.88 Å². The minimum absolute atomic E-state index is 0.496. The first kappa shape index (κ1) is 12.8. The summed E-state index contributed by atoms with van der Waals surface area (Å²) < 4.78 is 5.56. The number of hydrogen-bond acceptors (Lipinski definition) is 5. The molecule has 1 aliphatic heterocycles. The van der Waals surface area contributed by atoms with Crippen molar-refractivity contribution in [2.45, 2.75) is 31.8 Å². The number of likely N-dealkylation sites (tertiary alicyclic amines) is 1. The summed E-state index contributed by atoms with van der Waals surface area (Å²) in [5.74, 6) is 0.728. The molecule has 0 spiro atoms. The van der Waals surface area contributed by atoms with E-state index in [0.29, 0.717) is 6.04 Å². The fourth-order valence-electron chi connectivity index (χ4n) is 2.64. The van der Waals surface area contributed by atoms with Gasteiger partial charge in [-0.15, -0.1) is 11.3 Å². The van der Waals surface area contributed by atoms with E-state index in [1.165, 1.54) is 19.3 Å². The molecule has 3 rings (SSSR count). The number of nitrogens with zero attached hydrogens (tertiary/aromatic N) is 2. The highest BCUT2D eigenvalue weighted by atomic mass is 32.1. The lowest BCUT2D eigenvalue weighted by molar-refractivity contribution is 0.143. The Balaban J connectivity index is 1.69. The van der Waals surface area contributed by atoms with Crippen molar-refractivity contribution in [3.63, 3.8) is 0 Å². The van der Waals surface area contributed by atoms with Gasteiger partial charge in [0, 0.05) is 19.1 Å². The van der Waals surface area contributed by atoms with Gasteiger partial charge in [0.25, 0.3) is 0 Å². The maximum Gasteiger partial charge on any atom is 0.236 e. The first-order valence-corrected chi connectivity index (χ1v) is 7.67. The van der Waals surface area contributed by atoms with E-state index in [1.54, 1.807) is 17.6 Å². The van der Waals surface area contributed by atoms with Crippen LogP contribution in [0.15, 0.2) is 28.2 Å². The Morgan fingerprint density at radius 3 is 3.21 bits per heavy atom. The van der Waals surface area contributed by atoms with Gasteiger partial charge in [0.1, 0.15) is 6.26 Å². The molecule has 4 nitrogen and oxygen atoms in total. The van der Waals surface area contributed by atoms with Gasteiger partial charge in [0.2, 0.25) is 5.89 Å². The van der Waals surface area contributed by atoms with E-state index in [0.717, 1.165) is 36.1 Å². The summed E-state index contributed by atoms with van der Waals surface area (Å²) in [6, 6.07) is 4.54. The van der Waals surface area contributed by atoms with Gasteiger partial charge in [-0.1, -0.05) is 12.5 Å². The number of oxazole rings is 1. The zero-order valence-electron chi connectivity index (χ0n) is 10.9. The van der Waals surface area contributed by atoms with Crippen LogP contribution in [0.1, 0.15) is 25.0 Å². The summed E-state index contributed by atoms with van der Waals surface area (Å²) in [5, 5.41) is 2.04. The van der Waals surface area contributed by atoms with Gasteiger partial charge in [0.05, 0.1) is 10.6 Å². The second-order valence-electron chi connectivity index (χ2n) is 4.98. The summed E-state index contributed by atoms with van der Waals surface area (Å²) in [7, 11) is 0. The van der Waals surface area contributed by atoms with Gasteiger partial charge in [-0.2, -0.15) is 0 Å². The molecule has 1 saturated heterocycles. The van der Waals surface area contributed by atoms with Crippen molar-refractivity contribution in [1.29, 1.82) is 0 Å². The van der Waals surface area contributed by atoms with Gasteiger partial charge in [-0.05, 0) is 30.8 Å². The molecule has 1 unspecified atom stereocenters. The minimum atomic E-state index is 0.496. The Labute approximate surface area is 117 Å². The lowest BCUT2D eigenvalue weighted by atomic mass is 10.0. The molecule has 1 atom stereocenters. The summed E-state index contributed by atoms with van der Waals surface area (Å²) in [6.07, 6.45) is 5.52. The van der Waals surface area contributed by atoms with Crippen LogP contribution in [0.4, 0.5) is 0 Å². The summed E-state index contributed by atoms with van der Waals surface area (Å²) in [5.41, 5.74) is 6.85. The lowest BCUT2D eigenvalue weighted by Crippen LogP contribution is -2.43. The molecule has 0 radical (unpaired) electrons. The number of nitrogens with two attached hydrogens (primary N) is 1. The molecule has 0 bridgehead atoms. The smallest absolute Gasteiger partial charge is 0.236 e. The molecule has 3 heterocycles. The highest BCUT2D eigenvalue weighted by molar-refractivity contribution is 7.13. The average Bonchev–Trinajstić information content (AvgIpc) is 3.09. The Morgan fingerprint density at radius 1 is 1.47 bits per heavy atom. The van der Waals surface area contributed by atoms with Crippen molar-refractivity contribution in [2.75, 3.05) is 13.1 Å². The van der Waals surface area contributed by atoms with Gasteiger partial charge < -0.3 is 10.2 Å². The van der Waals surface area contributed by atoms with E-state index in [9.17, 15) is 0 Å². The monoisotopic (exact) mass is 277 g/mol. The van der Waals surface area contributed by atoms with E-state index < -0.39 is 0 Å². The van der Waals surface area contributed by atoms with Crippen molar-refractivity contribution in [2.24, 2.45) is 5.73 Å². The maximum absolute atomic E-state index is 5.85. The van der Waals surface area contributed by atoms with E-state index in [4.69, 9.17) is 10.2 Å². The predicted molar refractivity (Wildman–Crippen MR) is 76.9 cm³/mol. The number of hydrogen-bond donors (Lipinski definition) is 1. The van der Waals surface area contributed by atoms with Crippen LogP contribution in [-0.4, -0.2) is 29.0 Å². The van der Waals surface area contributed by atoms with Crippen LogP contribution < -0.4 is 5.73 Å². The zero-order chi connectivity index (χ0) is 13.1. The van der Waals surface area contributed by atoms with Crippen molar-refractivity contribution < 1.29 is 4.42 Å². The van der Waals surface area contributed by atoms with E-state index in [1.807, 2.05) is 17.5 Å². The van der Waals surface area contributed by atoms with Crippen LogP contribution in [0.3, 0.4) is 0 Å². The molecule has 2 aromatic heterocycles. The predicted octanol–water partition coefficient (Wildman–Crippen LogP) is 2.72. The lowest BCUT2D eigenvalue weighted by Gasteiger charge is -2.34. The molecule has 1 aliphatic rings. The van der Waals surface area contributed by atoms with Crippen LogP contribution in [0, 0.1) is 0 Å². The topological polar surface area (TPSA) is 55.3 Å². The molecule has 2 N–H and O–H groups in total. The number of piperidine rings is 1. The Kier molecular flexibility index (Phi) is 3.96. The zero-order valence-corrected chi connectivity index (χ0v) is 11.7. The van der Waals surface area contributed by atoms with Gasteiger partial charge >= 0.3 is 0 Å². The van der Waals surface area contributed by atoms with Crippen LogP contribution in [0.25, 0.3) is 10.8 Å². The fraction of sp³-hybridized carbons (Fsp3) is 0.500. The summed E-state index contributed by atoms with van der Waals surface area (Å²) in [6.45, 7) is 2.69. The standard InChI is InChI=1S/C14H19N3OS/c15-8-12-4-1-2-6-17(12)9-11-10-18-14(16-11)13-5-3-7-19-13/h3,5,7,10,12H,1-2,4,6,8-9,15H2. The van der Waals surface area contributed by atoms with Crippen LogP contribution >= 0.6 is 11.3 Å².